The molecule has 102 valence electrons. The maximum Gasteiger partial charge on any atom is 0.0393 e. The summed E-state index contributed by atoms with van der Waals surface area (Å²) >= 11 is 0. The van der Waals surface area contributed by atoms with Crippen LogP contribution in [0.4, 0.5) is 5.69 Å². The van der Waals surface area contributed by atoms with Gasteiger partial charge in [0.25, 0.3) is 0 Å². The Bertz CT molecular complexity index is 588. The first-order valence-corrected chi connectivity index (χ1v) is 6.98. The Kier molecular flexibility index (Phi) is 3.34. The van der Waals surface area contributed by atoms with E-state index < -0.39 is 0 Å². The molecule has 0 saturated heterocycles. The minimum absolute atomic E-state index is 0.144. The first kappa shape index (κ1) is 13.9. The van der Waals surface area contributed by atoms with Gasteiger partial charge in [-0.1, -0.05) is 65.0 Å². The summed E-state index contributed by atoms with van der Waals surface area (Å²) in [5, 5.41) is 2.46. The summed E-state index contributed by atoms with van der Waals surface area (Å²) in [5.74, 6) is 0. The molecule has 0 saturated carbocycles. The Morgan fingerprint density at radius 1 is 0.842 bits per heavy atom. The van der Waals surface area contributed by atoms with E-state index >= 15 is 0 Å². The fourth-order valence-electron chi connectivity index (χ4n) is 3.33. The third-order valence-electron chi connectivity index (χ3n) is 3.66. The van der Waals surface area contributed by atoms with Gasteiger partial charge in [-0.2, -0.15) is 0 Å². The molecule has 19 heavy (non-hydrogen) atoms. The van der Waals surface area contributed by atoms with Gasteiger partial charge >= 0.3 is 0 Å². The van der Waals surface area contributed by atoms with Gasteiger partial charge in [-0.05, 0) is 34.3 Å². The first-order valence-electron chi connectivity index (χ1n) is 6.98. The van der Waals surface area contributed by atoms with E-state index in [4.69, 9.17) is 5.73 Å². The summed E-state index contributed by atoms with van der Waals surface area (Å²) in [7, 11) is 0. The van der Waals surface area contributed by atoms with Gasteiger partial charge in [-0.15, -0.1) is 0 Å². The normalized spacial score (nSPS) is 12.9. The zero-order valence-corrected chi connectivity index (χ0v) is 12.7. The van der Waals surface area contributed by atoms with E-state index in [9.17, 15) is 0 Å². The molecule has 0 aliphatic rings. The highest BCUT2D eigenvalue weighted by molar-refractivity contribution is 5.95. The second-order valence-corrected chi connectivity index (χ2v) is 7.37. The maximum absolute atomic E-state index is 6.10. The molecular weight excluding hydrogens is 230 g/mol. The fourth-order valence-corrected chi connectivity index (χ4v) is 3.33. The van der Waals surface area contributed by atoms with Crippen LogP contribution in [0.1, 0.15) is 46.6 Å². The molecule has 2 aromatic carbocycles. The van der Waals surface area contributed by atoms with Gasteiger partial charge in [0.2, 0.25) is 0 Å². The van der Waals surface area contributed by atoms with Crippen molar-refractivity contribution in [2.45, 2.75) is 46.5 Å². The van der Waals surface area contributed by atoms with E-state index in [0.717, 1.165) is 12.1 Å². The molecule has 2 rings (SSSR count). The molecule has 0 fully saturated rings. The number of hydrogen-bond acceptors (Lipinski definition) is 1. The zero-order chi connectivity index (χ0) is 14.3. The third kappa shape index (κ3) is 2.91. The van der Waals surface area contributed by atoms with Crippen molar-refractivity contribution >= 4 is 16.5 Å². The van der Waals surface area contributed by atoms with Crippen molar-refractivity contribution in [1.29, 1.82) is 0 Å². The largest absolute Gasteiger partial charge is 0.398 e. The molecule has 0 aliphatic carbocycles. The molecule has 0 amide bonds. The lowest BCUT2D eigenvalue weighted by molar-refractivity contribution is 0.285. The van der Waals surface area contributed by atoms with Gasteiger partial charge in [0, 0.05) is 11.1 Å². The lowest BCUT2D eigenvalue weighted by atomic mass is 9.71. The smallest absolute Gasteiger partial charge is 0.0393 e. The van der Waals surface area contributed by atoms with Gasteiger partial charge < -0.3 is 5.73 Å². The highest BCUT2D eigenvalue weighted by atomic mass is 14.6. The SMILES string of the molecule is CC(C)(C)CC(C)(C)c1ccc(N)c2ccccc12. The minimum atomic E-state index is 0.144. The van der Waals surface area contributed by atoms with Crippen LogP contribution in [0.3, 0.4) is 0 Å². The number of nitrogens with two attached hydrogens (primary N) is 1. The highest BCUT2D eigenvalue weighted by Gasteiger charge is 2.28. The van der Waals surface area contributed by atoms with Crippen LogP contribution in [0.15, 0.2) is 36.4 Å². The standard InChI is InChI=1S/C18H25N/c1-17(2,3)12-18(4,5)15-10-11-16(19)14-9-7-6-8-13(14)15/h6-11H,12,19H2,1-5H3. The summed E-state index contributed by atoms with van der Waals surface area (Å²) in [4.78, 5) is 0. The molecule has 2 aromatic rings. The number of benzene rings is 2. The van der Waals surface area contributed by atoms with Crippen LogP contribution >= 0.6 is 0 Å². The molecular formula is C18H25N. The van der Waals surface area contributed by atoms with Crippen LogP contribution in [0.5, 0.6) is 0 Å². The van der Waals surface area contributed by atoms with Gasteiger partial charge in [0.15, 0.2) is 0 Å². The van der Waals surface area contributed by atoms with Crippen LogP contribution in [0.25, 0.3) is 10.8 Å². The molecule has 0 spiro atoms. The Balaban J connectivity index is 2.60. The lowest BCUT2D eigenvalue weighted by Gasteiger charge is -2.34. The maximum atomic E-state index is 6.10. The van der Waals surface area contributed by atoms with Gasteiger partial charge in [-0.25, -0.2) is 0 Å². The van der Waals surface area contributed by atoms with Crippen LogP contribution in [-0.4, -0.2) is 0 Å². The number of hydrogen-bond donors (Lipinski definition) is 1. The van der Waals surface area contributed by atoms with E-state index in [-0.39, 0.29) is 5.41 Å². The average molecular weight is 255 g/mol. The topological polar surface area (TPSA) is 26.0 Å². The molecule has 0 bridgehead atoms. The van der Waals surface area contributed by atoms with Crippen molar-refractivity contribution < 1.29 is 0 Å². The van der Waals surface area contributed by atoms with Crippen LogP contribution in [0.2, 0.25) is 0 Å². The monoisotopic (exact) mass is 255 g/mol. The van der Waals surface area contributed by atoms with Crippen LogP contribution < -0.4 is 5.73 Å². The summed E-state index contributed by atoms with van der Waals surface area (Å²) in [6.45, 7) is 11.6. The van der Waals surface area contributed by atoms with Gasteiger partial charge in [0.05, 0.1) is 0 Å². The van der Waals surface area contributed by atoms with E-state index in [2.05, 4.69) is 65.0 Å². The molecule has 0 heterocycles. The van der Waals surface area contributed by atoms with Crippen LogP contribution in [0, 0.1) is 5.41 Å². The number of anilines is 1. The van der Waals surface area contributed by atoms with Crippen molar-refractivity contribution in [1.82, 2.24) is 0 Å². The third-order valence-corrected chi connectivity index (χ3v) is 3.66. The molecule has 0 unspecified atom stereocenters. The van der Waals surface area contributed by atoms with Crippen LogP contribution in [-0.2, 0) is 5.41 Å². The molecule has 1 heteroatoms. The number of nitrogen functional groups attached to an aromatic ring is 1. The average Bonchev–Trinajstić information content (AvgIpc) is 2.26. The summed E-state index contributed by atoms with van der Waals surface area (Å²) in [6, 6.07) is 12.7. The minimum Gasteiger partial charge on any atom is -0.398 e. The lowest BCUT2D eigenvalue weighted by Crippen LogP contribution is -2.25. The number of rotatable bonds is 2. The zero-order valence-electron chi connectivity index (χ0n) is 12.7. The van der Waals surface area contributed by atoms with E-state index in [1.165, 1.54) is 16.3 Å². The van der Waals surface area contributed by atoms with E-state index in [1.807, 2.05) is 6.07 Å². The molecule has 0 radical (unpaired) electrons. The van der Waals surface area contributed by atoms with Gasteiger partial charge in [-0.3, -0.25) is 0 Å². The van der Waals surface area contributed by atoms with Crippen molar-refractivity contribution in [2.24, 2.45) is 5.41 Å². The molecule has 0 aromatic heterocycles. The Labute approximate surface area is 116 Å². The summed E-state index contributed by atoms with van der Waals surface area (Å²) in [5.41, 5.74) is 8.81. The predicted molar refractivity (Wildman–Crippen MR) is 85.5 cm³/mol. The van der Waals surface area contributed by atoms with E-state index in [0.29, 0.717) is 5.41 Å². The van der Waals surface area contributed by atoms with Crippen molar-refractivity contribution in [2.75, 3.05) is 5.73 Å². The van der Waals surface area contributed by atoms with Crippen molar-refractivity contribution in [3.05, 3.63) is 42.0 Å². The second kappa shape index (κ2) is 4.56. The Morgan fingerprint density at radius 2 is 1.42 bits per heavy atom. The Morgan fingerprint density at radius 3 is 2.00 bits per heavy atom. The Hall–Kier alpha value is -1.50. The van der Waals surface area contributed by atoms with Crippen molar-refractivity contribution in [3.8, 4) is 0 Å². The predicted octanol–water partition coefficient (Wildman–Crippen LogP) is 5.14. The fraction of sp³-hybridized carbons (Fsp3) is 0.444. The number of fused-ring (bicyclic) bond motifs is 1. The summed E-state index contributed by atoms with van der Waals surface area (Å²) in [6.07, 6.45) is 1.15. The molecule has 0 aliphatic heterocycles. The molecule has 1 nitrogen and oxygen atoms in total. The molecule has 2 N–H and O–H groups in total. The molecule has 0 atom stereocenters. The van der Waals surface area contributed by atoms with Gasteiger partial charge in [0.1, 0.15) is 0 Å². The van der Waals surface area contributed by atoms with E-state index in [1.54, 1.807) is 0 Å². The quantitative estimate of drug-likeness (QED) is 0.739. The highest BCUT2D eigenvalue weighted by Crippen LogP contribution is 2.40. The van der Waals surface area contributed by atoms with Crippen molar-refractivity contribution in [3.63, 3.8) is 0 Å². The summed E-state index contributed by atoms with van der Waals surface area (Å²) < 4.78 is 0. The first-order chi connectivity index (χ1) is 8.71. The second-order valence-electron chi connectivity index (χ2n) is 7.37.